The van der Waals surface area contributed by atoms with Crippen LogP contribution in [0.1, 0.15) is 5.56 Å². The summed E-state index contributed by atoms with van der Waals surface area (Å²) in [5.41, 5.74) is 1.16. The molecule has 0 heterocycles. The van der Waals surface area contributed by atoms with Crippen LogP contribution in [0.25, 0.3) is 0 Å². The lowest BCUT2D eigenvalue weighted by atomic mass is 10.2. The second-order valence-corrected chi connectivity index (χ2v) is 9.40. The van der Waals surface area contributed by atoms with Crippen molar-refractivity contribution in [3.63, 3.8) is 0 Å². The van der Waals surface area contributed by atoms with Crippen LogP contribution >= 0.6 is 24.8 Å². The van der Waals surface area contributed by atoms with Gasteiger partial charge in [-0.1, -0.05) is 42.0 Å². The molecule has 0 spiro atoms. The van der Waals surface area contributed by atoms with Gasteiger partial charge >= 0.3 is 16.9 Å². The summed E-state index contributed by atoms with van der Waals surface area (Å²) < 4.78 is 20.6. The Labute approximate surface area is 166 Å². The van der Waals surface area contributed by atoms with E-state index in [1.165, 1.54) is 0 Å². The van der Waals surface area contributed by atoms with Gasteiger partial charge in [0.1, 0.15) is 5.75 Å². The Morgan fingerprint density at radius 3 is 1.61 bits per heavy atom. The van der Waals surface area contributed by atoms with E-state index >= 15 is 0 Å². The monoisotopic (exact) mass is 435 g/mol. The molecular formula is C19H18O6P3+. The summed E-state index contributed by atoms with van der Waals surface area (Å²) >= 11 is 0. The first kappa shape index (κ1) is 20.8. The fourth-order valence-corrected chi connectivity index (χ4v) is 5.49. The molecule has 3 aromatic rings. The number of benzene rings is 3. The summed E-state index contributed by atoms with van der Waals surface area (Å²) in [4.78, 5) is 26.9. The summed E-state index contributed by atoms with van der Waals surface area (Å²) in [7, 11) is -6.05. The highest BCUT2D eigenvalue weighted by Crippen LogP contribution is 2.35. The smallest absolute Gasteiger partial charge is 0.427 e. The summed E-state index contributed by atoms with van der Waals surface area (Å²) in [5, 5.41) is 3.23. The zero-order valence-electron chi connectivity index (χ0n) is 14.8. The van der Waals surface area contributed by atoms with Crippen molar-refractivity contribution in [2.24, 2.45) is 0 Å². The lowest BCUT2D eigenvalue weighted by Gasteiger charge is -2.20. The minimum absolute atomic E-state index is 0.328. The van der Waals surface area contributed by atoms with E-state index in [4.69, 9.17) is 23.7 Å². The molecule has 28 heavy (non-hydrogen) atoms. The van der Waals surface area contributed by atoms with E-state index in [-0.39, 0.29) is 0 Å². The van der Waals surface area contributed by atoms with E-state index in [0.29, 0.717) is 11.5 Å². The first-order valence-electron chi connectivity index (χ1n) is 8.19. The molecule has 0 aliphatic heterocycles. The summed E-state index contributed by atoms with van der Waals surface area (Å²) in [6, 6.07) is 22.6. The van der Waals surface area contributed by atoms with Gasteiger partial charge in [0.05, 0.1) is 0 Å². The van der Waals surface area contributed by atoms with Gasteiger partial charge in [-0.05, 0) is 67.2 Å². The predicted molar refractivity (Wildman–Crippen MR) is 112 cm³/mol. The molecule has 0 fully saturated rings. The van der Waals surface area contributed by atoms with Crippen LogP contribution in [-0.2, 0) is 4.57 Å². The Balaban J connectivity index is 1.98. The molecule has 9 heteroatoms. The molecule has 0 aromatic heterocycles. The minimum Gasteiger partial charge on any atom is -0.427 e. The Kier molecular flexibility index (Phi) is 7.09. The molecule has 0 amide bonds. The van der Waals surface area contributed by atoms with Crippen molar-refractivity contribution in [2.75, 3.05) is 0 Å². The highest BCUT2D eigenvalue weighted by molar-refractivity contribution is 7.79. The zero-order chi connectivity index (χ0) is 20.1. The second-order valence-electron chi connectivity index (χ2n) is 5.83. The maximum absolute atomic E-state index is 10.9. The third kappa shape index (κ3) is 5.56. The maximum atomic E-state index is 10.9. The van der Waals surface area contributed by atoms with Crippen LogP contribution in [0.3, 0.4) is 0 Å². The van der Waals surface area contributed by atoms with E-state index in [1.54, 1.807) is 24.3 Å². The molecule has 0 aliphatic carbocycles. The normalized spacial score (nSPS) is 12.5. The van der Waals surface area contributed by atoms with E-state index in [9.17, 15) is 4.57 Å². The Bertz CT molecular complexity index is 927. The molecule has 144 valence electrons. The second kappa shape index (κ2) is 9.54. The topological polar surface area (TPSA) is 96.2 Å². The van der Waals surface area contributed by atoms with Crippen molar-refractivity contribution < 1.29 is 28.3 Å². The van der Waals surface area contributed by atoms with Crippen molar-refractivity contribution in [1.29, 1.82) is 0 Å². The van der Waals surface area contributed by atoms with Crippen molar-refractivity contribution in [3.05, 3.63) is 78.4 Å². The molecule has 0 saturated carbocycles. The van der Waals surface area contributed by atoms with Gasteiger partial charge in [0.2, 0.25) is 0 Å². The number of hydrogen-bond acceptors (Lipinski definition) is 5. The number of aryl methyl sites for hydroxylation is 1. The Morgan fingerprint density at radius 1 is 0.750 bits per heavy atom. The Morgan fingerprint density at radius 2 is 1.18 bits per heavy atom. The third-order valence-corrected chi connectivity index (χ3v) is 7.04. The summed E-state index contributed by atoms with van der Waals surface area (Å²) in [6.45, 7) is 2.03. The SMILES string of the molecule is Cc1ccc(P(c2ccc(OP(O)O)cc2)c2ccc(O[P+](=O)O)cc2)cc1. The van der Waals surface area contributed by atoms with E-state index in [1.807, 2.05) is 31.2 Å². The van der Waals surface area contributed by atoms with Crippen LogP contribution in [0.4, 0.5) is 0 Å². The van der Waals surface area contributed by atoms with E-state index in [0.717, 1.165) is 21.5 Å². The van der Waals surface area contributed by atoms with Gasteiger partial charge in [0, 0.05) is 4.57 Å². The number of hydrogen-bond donors (Lipinski definition) is 3. The minimum atomic E-state index is -2.70. The van der Waals surface area contributed by atoms with Crippen LogP contribution in [0.15, 0.2) is 72.8 Å². The van der Waals surface area contributed by atoms with Gasteiger partial charge in [0.25, 0.3) is 0 Å². The van der Waals surface area contributed by atoms with E-state index in [2.05, 4.69) is 24.3 Å². The molecule has 3 aromatic carbocycles. The van der Waals surface area contributed by atoms with Gasteiger partial charge in [-0.25, -0.2) is 4.52 Å². The summed E-state index contributed by atoms with van der Waals surface area (Å²) in [5.74, 6) is 0.712. The van der Waals surface area contributed by atoms with Crippen LogP contribution in [0.5, 0.6) is 11.5 Å². The fraction of sp³-hybridized carbons (Fsp3) is 0.0526. The molecule has 3 rings (SSSR count). The van der Waals surface area contributed by atoms with Crippen molar-refractivity contribution in [1.82, 2.24) is 0 Å². The average molecular weight is 435 g/mol. The largest absolute Gasteiger partial charge is 0.747 e. The molecule has 3 N–H and O–H groups in total. The number of rotatable bonds is 7. The first-order chi connectivity index (χ1) is 13.4. The van der Waals surface area contributed by atoms with Gasteiger partial charge in [-0.3, -0.25) is 0 Å². The molecule has 6 nitrogen and oxygen atoms in total. The average Bonchev–Trinajstić information content (AvgIpc) is 2.65. The van der Waals surface area contributed by atoms with Gasteiger partial charge in [0.15, 0.2) is 5.75 Å². The Hall–Kier alpha value is -1.90. The van der Waals surface area contributed by atoms with Crippen molar-refractivity contribution in [3.8, 4) is 11.5 Å². The molecule has 0 aliphatic rings. The van der Waals surface area contributed by atoms with Crippen LogP contribution < -0.4 is 25.0 Å². The molecule has 0 radical (unpaired) electrons. The molecule has 2 unspecified atom stereocenters. The molecule has 0 bridgehead atoms. The standard InChI is InChI=1S/C19H17O6P3/c1-14-2-8-17(9-3-14)26(18-10-4-15(5-11-18)24-27(20)21)19-12-6-16(7-13-19)25-28(22)23/h2-13,20-21H,1H3/p+1. The van der Waals surface area contributed by atoms with Crippen LogP contribution in [-0.4, -0.2) is 14.7 Å². The van der Waals surface area contributed by atoms with Crippen LogP contribution in [0.2, 0.25) is 0 Å². The lowest BCUT2D eigenvalue weighted by molar-refractivity contribution is 0.375. The van der Waals surface area contributed by atoms with Crippen molar-refractivity contribution >= 4 is 40.7 Å². The maximum Gasteiger partial charge on any atom is 0.747 e. The first-order valence-corrected chi connectivity index (χ1v) is 11.8. The quantitative estimate of drug-likeness (QED) is 0.493. The summed E-state index contributed by atoms with van der Waals surface area (Å²) in [6.07, 6.45) is 0. The molecule has 2 atom stereocenters. The highest BCUT2D eigenvalue weighted by atomic mass is 31.2. The van der Waals surface area contributed by atoms with Gasteiger partial charge < -0.3 is 14.3 Å². The lowest BCUT2D eigenvalue weighted by Crippen LogP contribution is -2.20. The fourth-order valence-electron chi connectivity index (χ4n) is 2.64. The molecule has 0 saturated heterocycles. The third-order valence-electron chi connectivity index (χ3n) is 3.85. The highest BCUT2D eigenvalue weighted by Gasteiger charge is 2.19. The van der Waals surface area contributed by atoms with Gasteiger partial charge in [-0.2, -0.15) is 0 Å². The van der Waals surface area contributed by atoms with Gasteiger partial charge in [-0.15, -0.1) is 4.89 Å². The zero-order valence-corrected chi connectivity index (χ0v) is 17.5. The van der Waals surface area contributed by atoms with Crippen molar-refractivity contribution in [2.45, 2.75) is 6.92 Å². The van der Waals surface area contributed by atoms with Crippen LogP contribution in [0, 0.1) is 6.92 Å². The van der Waals surface area contributed by atoms with E-state index < -0.39 is 24.8 Å². The molecular weight excluding hydrogens is 417 g/mol. The predicted octanol–water partition coefficient (Wildman–Crippen LogP) is 3.37.